The quantitative estimate of drug-likeness (QED) is 0.593. The van der Waals surface area contributed by atoms with E-state index in [9.17, 15) is 0 Å². The molecule has 0 saturated heterocycles. The summed E-state index contributed by atoms with van der Waals surface area (Å²) in [4.78, 5) is 2.48. The monoisotopic (exact) mass is 171 g/mol. The van der Waals surface area contributed by atoms with Gasteiger partial charge in [-0.05, 0) is 26.3 Å². The third kappa shape index (κ3) is 4.76. The normalized spacial score (nSPS) is 16.5. The molecular formula is C11H25N. The third-order valence-corrected chi connectivity index (χ3v) is 2.76. The first-order valence-corrected chi connectivity index (χ1v) is 5.32. The van der Waals surface area contributed by atoms with Gasteiger partial charge in [-0.2, -0.15) is 0 Å². The zero-order valence-corrected chi connectivity index (χ0v) is 9.43. The molecule has 1 heteroatoms. The van der Waals surface area contributed by atoms with Gasteiger partial charge in [-0.3, -0.25) is 0 Å². The second-order valence-electron chi connectivity index (χ2n) is 4.09. The molecule has 1 nitrogen and oxygen atoms in total. The predicted molar refractivity (Wildman–Crippen MR) is 56.5 cm³/mol. The lowest BCUT2D eigenvalue weighted by Gasteiger charge is -2.26. The summed E-state index contributed by atoms with van der Waals surface area (Å²) in [6.07, 6.45) is 3.92. The molecule has 0 rings (SSSR count). The van der Waals surface area contributed by atoms with Crippen LogP contribution in [0.5, 0.6) is 0 Å². The van der Waals surface area contributed by atoms with Crippen molar-refractivity contribution < 1.29 is 0 Å². The van der Waals surface area contributed by atoms with Crippen LogP contribution in [0.25, 0.3) is 0 Å². The van der Waals surface area contributed by atoms with Crippen molar-refractivity contribution in [1.29, 1.82) is 0 Å². The molecule has 0 fully saturated rings. The summed E-state index contributed by atoms with van der Waals surface area (Å²) in [6.45, 7) is 10.4. The van der Waals surface area contributed by atoms with Gasteiger partial charge in [0.15, 0.2) is 0 Å². The minimum absolute atomic E-state index is 0.754. The van der Waals surface area contributed by atoms with Crippen LogP contribution in [0.4, 0.5) is 0 Å². The SMILES string of the molecule is CCCC(C)N(C)CC(C)CC. The standard InChI is InChI=1S/C11H25N/c1-6-8-11(4)12(5)9-10(3)7-2/h10-11H,6-9H2,1-5H3. The summed E-state index contributed by atoms with van der Waals surface area (Å²) in [5.74, 6) is 0.842. The van der Waals surface area contributed by atoms with E-state index in [1.165, 1.54) is 25.8 Å². The maximum absolute atomic E-state index is 2.48. The third-order valence-electron chi connectivity index (χ3n) is 2.76. The summed E-state index contributed by atoms with van der Waals surface area (Å²) in [6, 6.07) is 0.754. The van der Waals surface area contributed by atoms with Crippen LogP contribution in [-0.4, -0.2) is 24.5 Å². The fourth-order valence-corrected chi connectivity index (χ4v) is 1.44. The number of rotatable bonds is 6. The van der Waals surface area contributed by atoms with E-state index in [1.807, 2.05) is 0 Å². The lowest BCUT2D eigenvalue weighted by atomic mass is 10.1. The Bertz CT molecular complexity index is 101. The Morgan fingerprint density at radius 3 is 2.17 bits per heavy atom. The van der Waals surface area contributed by atoms with Crippen LogP contribution in [-0.2, 0) is 0 Å². The predicted octanol–water partition coefficient (Wildman–Crippen LogP) is 3.15. The molecule has 2 atom stereocenters. The molecule has 74 valence electrons. The first-order chi connectivity index (χ1) is 5.61. The van der Waals surface area contributed by atoms with E-state index in [0.717, 1.165) is 12.0 Å². The lowest BCUT2D eigenvalue weighted by Crippen LogP contribution is -2.32. The Labute approximate surface area is 78.1 Å². The molecule has 0 aliphatic carbocycles. The van der Waals surface area contributed by atoms with Gasteiger partial charge in [0.1, 0.15) is 0 Å². The Kier molecular flexibility index (Phi) is 6.45. The Balaban J connectivity index is 3.62. The van der Waals surface area contributed by atoms with E-state index in [4.69, 9.17) is 0 Å². The molecule has 0 aromatic rings. The molecular weight excluding hydrogens is 146 g/mol. The van der Waals surface area contributed by atoms with Crippen LogP contribution in [0.3, 0.4) is 0 Å². The van der Waals surface area contributed by atoms with Gasteiger partial charge in [-0.1, -0.05) is 33.6 Å². The lowest BCUT2D eigenvalue weighted by molar-refractivity contribution is 0.212. The zero-order valence-electron chi connectivity index (χ0n) is 9.43. The maximum atomic E-state index is 2.48. The fourth-order valence-electron chi connectivity index (χ4n) is 1.44. The van der Waals surface area contributed by atoms with Gasteiger partial charge in [-0.15, -0.1) is 0 Å². The molecule has 2 unspecified atom stereocenters. The van der Waals surface area contributed by atoms with E-state index >= 15 is 0 Å². The van der Waals surface area contributed by atoms with Crippen LogP contribution in [0.2, 0.25) is 0 Å². The van der Waals surface area contributed by atoms with Gasteiger partial charge >= 0.3 is 0 Å². The first-order valence-electron chi connectivity index (χ1n) is 5.32. The smallest absolute Gasteiger partial charge is 0.00638 e. The first kappa shape index (κ1) is 12.0. The van der Waals surface area contributed by atoms with Crippen LogP contribution >= 0.6 is 0 Å². The van der Waals surface area contributed by atoms with Crippen LogP contribution < -0.4 is 0 Å². The van der Waals surface area contributed by atoms with E-state index in [2.05, 4.69) is 39.6 Å². The molecule has 0 aromatic carbocycles. The number of nitrogens with zero attached hydrogens (tertiary/aromatic N) is 1. The van der Waals surface area contributed by atoms with Crippen molar-refractivity contribution in [2.45, 2.75) is 53.0 Å². The van der Waals surface area contributed by atoms with Gasteiger partial charge in [-0.25, -0.2) is 0 Å². The molecule has 0 N–H and O–H groups in total. The molecule has 0 aliphatic rings. The number of hydrogen-bond donors (Lipinski definition) is 0. The summed E-state index contributed by atoms with van der Waals surface area (Å²) in [5, 5.41) is 0. The van der Waals surface area contributed by atoms with Crippen molar-refractivity contribution in [3.8, 4) is 0 Å². The van der Waals surface area contributed by atoms with Crippen LogP contribution in [0, 0.1) is 5.92 Å². The summed E-state index contributed by atoms with van der Waals surface area (Å²) in [5.41, 5.74) is 0. The Morgan fingerprint density at radius 2 is 1.75 bits per heavy atom. The van der Waals surface area contributed by atoms with Gasteiger partial charge in [0.05, 0.1) is 0 Å². The van der Waals surface area contributed by atoms with Gasteiger partial charge < -0.3 is 4.90 Å². The molecule has 12 heavy (non-hydrogen) atoms. The average molecular weight is 171 g/mol. The summed E-state index contributed by atoms with van der Waals surface area (Å²) >= 11 is 0. The molecule has 0 aromatic heterocycles. The molecule has 0 saturated carbocycles. The molecule has 0 heterocycles. The average Bonchev–Trinajstić information content (AvgIpc) is 2.04. The minimum atomic E-state index is 0.754. The Hall–Kier alpha value is -0.0400. The van der Waals surface area contributed by atoms with Gasteiger partial charge in [0.25, 0.3) is 0 Å². The summed E-state index contributed by atoms with van der Waals surface area (Å²) < 4.78 is 0. The van der Waals surface area contributed by atoms with E-state index < -0.39 is 0 Å². The zero-order chi connectivity index (χ0) is 9.56. The minimum Gasteiger partial charge on any atom is -0.303 e. The molecule has 0 aliphatic heterocycles. The highest BCUT2D eigenvalue weighted by Gasteiger charge is 2.09. The Morgan fingerprint density at radius 1 is 1.17 bits per heavy atom. The van der Waals surface area contributed by atoms with Crippen molar-refractivity contribution in [2.75, 3.05) is 13.6 Å². The highest BCUT2D eigenvalue weighted by atomic mass is 15.1. The summed E-state index contributed by atoms with van der Waals surface area (Å²) in [7, 11) is 2.24. The highest BCUT2D eigenvalue weighted by Crippen LogP contribution is 2.08. The van der Waals surface area contributed by atoms with Crippen molar-refractivity contribution in [3.05, 3.63) is 0 Å². The van der Waals surface area contributed by atoms with E-state index in [1.54, 1.807) is 0 Å². The second kappa shape index (κ2) is 6.47. The largest absolute Gasteiger partial charge is 0.303 e. The van der Waals surface area contributed by atoms with E-state index in [0.29, 0.717) is 0 Å². The second-order valence-corrected chi connectivity index (χ2v) is 4.09. The molecule has 0 bridgehead atoms. The van der Waals surface area contributed by atoms with Crippen molar-refractivity contribution in [1.82, 2.24) is 4.90 Å². The van der Waals surface area contributed by atoms with Crippen molar-refractivity contribution >= 4 is 0 Å². The van der Waals surface area contributed by atoms with Crippen LogP contribution in [0.1, 0.15) is 47.0 Å². The molecule has 0 radical (unpaired) electrons. The van der Waals surface area contributed by atoms with Crippen LogP contribution in [0.15, 0.2) is 0 Å². The van der Waals surface area contributed by atoms with Gasteiger partial charge in [0, 0.05) is 12.6 Å². The van der Waals surface area contributed by atoms with Gasteiger partial charge in [0.2, 0.25) is 0 Å². The molecule has 0 spiro atoms. The fraction of sp³-hybridized carbons (Fsp3) is 1.00. The maximum Gasteiger partial charge on any atom is 0.00638 e. The van der Waals surface area contributed by atoms with E-state index in [-0.39, 0.29) is 0 Å². The van der Waals surface area contributed by atoms with Crippen molar-refractivity contribution in [2.24, 2.45) is 5.92 Å². The highest BCUT2D eigenvalue weighted by molar-refractivity contribution is 4.64. The topological polar surface area (TPSA) is 3.24 Å². The number of hydrogen-bond acceptors (Lipinski definition) is 1. The molecule has 0 amide bonds. The van der Waals surface area contributed by atoms with Crippen molar-refractivity contribution in [3.63, 3.8) is 0 Å².